The van der Waals surface area contributed by atoms with Crippen LogP contribution in [0.4, 0.5) is 4.39 Å². The van der Waals surface area contributed by atoms with Crippen LogP contribution in [0.1, 0.15) is 11.1 Å². The van der Waals surface area contributed by atoms with Gasteiger partial charge >= 0.3 is 0 Å². The molecule has 0 fully saturated rings. The first-order valence-corrected chi connectivity index (χ1v) is 6.24. The van der Waals surface area contributed by atoms with Crippen molar-refractivity contribution < 1.29 is 9.13 Å². The summed E-state index contributed by atoms with van der Waals surface area (Å²) in [6.07, 6.45) is 0. The molecule has 0 N–H and O–H groups in total. The van der Waals surface area contributed by atoms with Crippen molar-refractivity contribution in [1.29, 1.82) is 5.26 Å². The van der Waals surface area contributed by atoms with Crippen LogP contribution in [0.25, 0.3) is 10.6 Å². The highest BCUT2D eigenvalue weighted by Crippen LogP contribution is 2.31. The maximum atomic E-state index is 13.7. The summed E-state index contributed by atoms with van der Waals surface area (Å²) in [6.45, 7) is 0. The third-order valence-corrected chi connectivity index (χ3v) is 3.21. The lowest BCUT2D eigenvalue weighted by molar-refractivity contribution is 0.386. The Morgan fingerprint density at radius 2 is 1.85 bits per heavy atom. The fourth-order valence-corrected chi connectivity index (χ4v) is 2.06. The number of benzene rings is 2. The van der Waals surface area contributed by atoms with E-state index in [1.54, 1.807) is 18.2 Å². The molecular weight excluding hydrogens is 277 g/mol. The van der Waals surface area contributed by atoms with E-state index < -0.39 is 5.82 Å². The Balaban J connectivity index is 2.52. The summed E-state index contributed by atoms with van der Waals surface area (Å²) in [5.41, 5.74) is 1.43. The minimum absolute atomic E-state index is 0.136. The molecule has 0 heterocycles. The molecule has 0 amide bonds. The summed E-state index contributed by atoms with van der Waals surface area (Å²) in [6, 6.07) is 15.4. The molecule has 20 heavy (non-hydrogen) atoms. The van der Waals surface area contributed by atoms with Crippen LogP contribution in [0.15, 0.2) is 48.5 Å². The first kappa shape index (κ1) is 14.1. The minimum Gasteiger partial charge on any atom is -0.494 e. The van der Waals surface area contributed by atoms with Crippen molar-refractivity contribution in [1.82, 2.24) is 0 Å². The first-order chi connectivity index (χ1) is 9.67. The van der Waals surface area contributed by atoms with Crippen molar-refractivity contribution in [2.45, 2.75) is 0 Å². The molecule has 0 aliphatic heterocycles. The number of hydrogen-bond donors (Lipinski definition) is 0. The summed E-state index contributed by atoms with van der Waals surface area (Å²) in [5, 5.41) is 9.48. The van der Waals surface area contributed by atoms with Crippen molar-refractivity contribution in [3.05, 3.63) is 65.5 Å². The van der Waals surface area contributed by atoms with E-state index in [0.29, 0.717) is 16.7 Å². The molecule has 0 aliphatic rings. The van der Waals surface area contributed by atoms with Crippen LogP contribution >= 0.6 is 11.6 Å². The topological polar surface area (TPSA) is 33.0 Å². The second-order valence-corrected chi connectivity index (χ2v) is 4.39. The third kappa shape index (κ3) is 2.81. The zero-order valence-corrected chi connectivity index (χ0v) is 11.5. The van der Waals surface area contributed by atoms with Gasteiger partial charge in [0.1, 0.15) is 6.07 Å². The largest absolute Gasteiger partial charge is 0.494 e. The molecule has 0 bridgehead atoms. The predicted octanol–water partition coefficient (Wildman–Crippen LogP) is 4.46. The molecule has 2 aromatic rings. The lowest BCUT2D eigenvalue weighted by Crippen LogP contribution is -1.91. The molecule has 0 unspecified atom stereocenters. The van der Waals surface area contributed by atoms with Crippen LogP contribution in [0.5, 0.6) is 5.75 Å². The van der Waals surface area contributed by atoms with Crippen molar-refractivity contribution in [2.24, 2.45) is 0 Å². The fourth-order valence-electron chi connectivity index (χ4n) is 1.79. The Labute approximate surface area is 121 Å². The molecule has 2 aromatic carbocycles. The number of rotatable bonds is 3. The van der Waals surface area contributed by atoms with Crippen LogP contribution in [0, 0.1) is 17.1 Å². The number of methoxy groups -OCH3 is 1. The van der Waals surface area contributed by atoms with E-state index in [2.05, 4.69) is 6.07 Å². The number of allylic oxidation sites excluding steroid dienone is 1. The predicted molar refractivity (Wildman–Crippen MR) is 77.7 cm³/mol. The fraction of sp³-hybridized carbons (Fsp3) is 0.0625. The number of ether oxygens (including phenoxy) is 1. The van der Waals surface area contributed by atoms with Gasteiger partial charge in [0.05, 0.1) is 17.7 Å². The summed E-state index contributed by atoms with van der Waals surface area (Å²) in [7, 11) is 1.39. The highest BCUT2D eigenvalue weighted by Gasteiger charge is 2.11. The Morgan fingerprint density at radius 3 is 2.40 bits per heavy atom. The lowest BCUT2D eigenvalue weighted by atomic mass is 10.0. The van der Waals surface area contributed by atoms with E-state index in [4.69, 9.17) is 16.3 Å². The number of nitrogens with zero attached hydrogens (tertiary/aromatic N) is 1. The van der Waals surface area contributed by atoms with Gasteiger partial charge in [-0.25, -0.2) is 4.39 Å². The van der Waals surface area contributed by atoms with Gasteiger partial charge in [0, 0.05) is 0 Å². The molecule has 0 aromatic heterocycles. The van der Waals surface area contributed by atoms with Crippen molar-refractivity contribution in [3.8, 4) is 11.8 Å². The van der Waals surface area contributed by atoms with E-state index in [1.165, 1.54) is 19.2 Å². The van der Waals surface area contributed by atoms with Gasteiger partial charge in [-0.05, 0) is 29.3 Å². The summed E-state index contributed by atoms with van der Waals surface area (Å²) in [4.78, 5) is 0. The standard InChI is InChI=1S/C16H11ClFNO/c1-20-15-8-7-12(9-14(15)18)16(17)13(10-19)11-5-3-2-4-6-11/h2-9H,1H3. The average Bonchev–Trinajstić information content (AvgIpc) is 2.49. The monoisotopic (exact) mass is 287 g/mol. The van der Waals surface area contributed by atoms with E-state index in [1.807, 2.05) is 18.2 Å². The van der Waals surface area contributed by atoms with Crippen molar-refractivity contribution in [3.63, 3.8) is 0 Å². The van der Waals surface area contributed by atoms with Crippen LogP contribution in [0.3, 0.4) is 0 Å². The van der Waals surface area contributed by atoms with Gasteiger partial charge in [-0.3, -0.25) is 0 Å². The van der Waals surface area contributed by atoms with Gasteiger partial charge in [0.2, 0.25) is 0 Å². The maximum absolute atomic E-state index is 13.7. The molecule has 100 valence electrons. The van der Waals surface area contributed by atoms with Crippen LogP contribution in [0.2, 0.25) is 0 Å². The van der Waals surface area contributed by atoms with E-state index in [9.17, 15) is 9.65 Å². The van der Waals surface area contributed by atoms with Crippen LogP contribution in [-0.4, -0.2) is 7.11 Å². The quantitative estimate of drug-likeness (QED) is 0.616. The van der Waals surface area contributed by atoms with Crippen LogP contribution < -0.4 is 4.74 Å². The normalized spacial score (nSPS) is 11.5. The zero-order valence-electron chi connectivity index (χ0n) is 10.7. The molecule has 0 atom stereocenters. The van der Waals surface area contributed by atoms with Crippen molar-refractivity contribution in [2.75, 3.05) is 7.11 Å². The number of halogens is 2. The molecule has 0 radical (unpaired) electrons. The summed E-state index contributed by atoms with van der Waals surface area (Å²) < 4.78 is 18.5. The third-order valence-electron chi connectivity index (χ3n) is 2.80. The second-order valence-electron chi connectivity index (χ2n) is 4.02. The second kappa shape index (κ2) is 6.23. The van der Waals surface area contributed by atoms with Gasteiger partial charge in [0.15, 0.2) is 11.6 Å². The van der Waals surface area contributed by atoms with Gasteiger partial charge in [-0.2, -0.15) is 5.26 Å². The molecule has 0 aliphatic carbocycles. The number of nitriles is 1. The summed E-state index contributed by atoms with van der Waals surface area (Å²) >= 11 is 6.22. The Hall–Kier alpha value is -2.31. The molecule has 0 saturated heterocycles. The van der Waals surface area contributed by atoms with E-state index >= 15 is 0 Å². The lowest BCUT2D eigenvalue weighted by Gasteiger charge is -2.07. The highest BCUT2D eigenvalue weighted by molar-refractivity contribution is 6.53. The molecule has 0 spiro atoms. The molecule has 2 nitrogen and oxygen atoms in total. The average molecular weight is 288 g/mol. The van der Waals surface area contributed by atoms with Gasteiger partial charge < -0.3 is 4.74 Å². The molecule has 0 saturated carbocycles. The minimum atomic E-state index is -0.520. The van der Waals surface area contributed by atoms with Gasteiger partial charge in [0.25, 0.3) is 0 Å². The first-order valence-electron chi connectivity index (χ1n) is 5.86. The van der Waals surface area contributed by atoms with Crippen LogP contribution in [-0.2, 0) is 0 Å². The van der Waals surface area contributed by atoms with Gasteiger partial charge in [-0.15, -0.1) is 0 Å². The van der Waals surface area contributed by atoms with E-state index in [-0.39, 0.29) is 10.8 Å². The molecule has 2 rings (SSSR count). The SMILES string of the molecule is COc1ccc(C(Cl)=C(C#N)c2ccccc2)cc1F. The van der Waals surface area contributed by atoms with Crippen molar-refractivity contribution >= 4 is 22.2 Å². The molecular formula is C16H11ClFNO. The summed E-state index contributed by atoms with van der Waals surface area (Å²) in [5.74, 6) is -0.384. The number of hydrogen-bond acceptors (Lipinski definition) is 2. The Kier molecular flexibility index (Phi) is 4.39. The smallest absolute Gasteiger partial charge is 0.165 e. The highest BCUT2D eigenvalue weighted by atomic mass is 35.5. The molecule has 4 heteroatoms. The maximum Gasteiger partial charge on any atom is 0.165 e. The zero-order chi connectivity index (χ0) is 14.5. The Bertz CT molecular complexity index is 689. The Morgan fingerprint density at radius 1 is 1.15 bits per heavy atom. The van der Waals surface area contributed by atoms with Gasteiger partial charge in [-0.1, -0.05) is 41.9 Å². The van der Waals surface area contributed by atoms with E-state index in [0.717, 1.165) is 0 Å².